The maximum absolute atomic E-state index is 4.58. The van der Waals surface area contributed by atoms with Crippen molar-refractivity contribution in [3.8, 4) is 0 Å². The van der Waals surface area contributed by atoms with Gasteiger partial charge < -0.3 is 10.2 Å². The molecule has 0 spiro atoms. The van der Waals surface area contributed by atoms with Crippen molar-refractivity contribution in [3.05, 3.63) is 66.1 Å². The van der Waals surface area contributed by atoms with Gasteiger partial charge in [-0.1, -0.05) is 24.3 Å². The molecule has 1 aromatic carbocycles. The van der Waals surface area contributed by atoms with Crippen molar-refractivity contribution < 1.29 is 0 Å². The highest BCUT2D eigenvalue weighted by Gasteiger charge is 2.22. The first-order valence-corrected chi connectivity index (χ1v) is 7.59. The van der Waals surface area contributed by atoms with Crippen molar-refractivity contribution in [1.29, 1.82) is 0 Å². The normalized spacial score (nSPS) is 13.0. The van der Waals surface area contributed by atoms with Crippen LogP contribution in [0.1, 0.15) is 11.3 Å². The number of nitrogens with one attached hydrogen (secondary N) is 1. The van der Waals surface area contributed by atoms with E-state index in [1.165, 1.54) is 5.56 Å². The van der Waals surface area contributed by atoms with Gasteiger partial charge in [0.1, 0.15) is 0 Å². The van der Waals surface area contributed by atoms with Crippen LogP contribution in [0.5, 0.6) is 0 Å². The summed E-state index contributed by atoms with van der Waals surface area (Å²) in [5.74, 6) is 1.33. The lowest BCUT2D eigenvalue weighted by Crippen LogP contribution is -2.18. The van der Waals surface area contributed by atoms with E-state index in [4.69, 9.17) is 0 Å². The molecule has 4 rings (SSSR count). The number of pyridine rings is 1. The summed E-state index contributed by atoms with van der Waals surface area (Å²) >= 11 is 0. The molecule has 2 aromatic heterocycles. The molecule has 0 aliphatic carbocycles. The molecule has 6 heteroatoms. The Balaban J connectivity index is 1.53. The number of anilines is 3. The first-order valence-electron chi connectivity index (χ1n) is 7.59. The molecular formula is C17H16N6. The minimum absolute atomic E-state index is 0.607. The molecule has 114 valence electrons. The standard InChI is InChI=1S/C17H16N6/c1-2-7-15-13(5-1)8-10-23(15)17-21-16(12-20-22-17)19-11-14-6-3-4-9-18-14/h1-7,9,12H,8,10-11H2,(H,19,21,22). The molecule has 0 amide bonds. The summed E-state index contributed by atoms with van der Waals surface area (Å²) in [6.45, 7) is 1.49. The molecule has 1 aliphatic rings. The van der Waals surface area contributed by atoms with Gasteiger partial charge in [0.15, 0.2) is 5.82 Å². The summed E-state index contributed by atoms with van der Waals surface area (Å²) in [5.41, 5.74) is 3.44. The van der Waals surface area contributed by atoms with Gasteiger partial charge in [-0.15, -0.1) is 5.10 Å². The number of benzene rings is 1. The monoisotopic (exact) mass is 304 g/mol. The van der Waals surface area contributed by atoms with E-state index in [9.17, 15) is 0 Å². The first kappa shape index (κ1) is 13.6. The second-order valence-corrected chi connectivity index (χ2v) is 5.35. The fraction of sp³-hybridized carbons (Fsp3) is 0.176. The van der Waals surface area contributed by atoms with Crippen LogP contribution < -0.4 is 10.2 Å². The lowest BCUT2D eigenvalue weighted by atomic mass is 10.2. The van der Waals surface area contributed by atoms with Crippen molar-refractivity contribution in [2.75, 3.05) is 16.8 Å². The third kappa shape index (κ3) is 2.83. The van der Waals surface area contributed by atoms with E-state index < -0.39 is 0 Å². The molecule has 0 fully saturated rings. The summed E-state index contributed by atoms with van der Waals surface area (Å²) in [6.07, 6.45) is 4.42. The van der Waals surface area contributed by atoms with E-state index in [-0.39, 0.29) is 0 Å². The van der Waals surface area contributed by atoms with Crippen LogP contribution in [-0.2, 0) is 13.0 Å². The van der Waals surface area contributed by atoms with Crippen LogP contribution in [0.25, 0.3) is 0 Å². The fourth-order valence-corrected chi connectivity index (χ4v) is 2.72. The van der Waals surface area contributed by atoms with Gasteiger partial charge in [-0.2, -0.15) is 10.1 Å². The molecule has 0 saturated heterocycles. The van der Waals surface area contributed by atoms with Crippen molar-refractivity contribution in [2.24, 2.45) is 0 Å². The third-order valence-corrected chi connectivity index (χ3v) is 3.85. The Labute approximate surface area is 134 Å². The number of hydrogen-bond donors (Lipinski definition) is 1. The van der Waals surface area contributed by atoms with E-state index in [0.717, 1.165) is 24.3 Å². The van der Waals surface area contributed by atoms with Crippen molar-refractivity contribution in [2.45, 2.75) is 13.0 Å². The predicted octanol–water partition coefficient (Wildman–Crippen LogP) is 2.57. The van der Waals surface area contributed by atoms with Crippen LogP contribution >= 0.6 is 0 Å². The number of hydrogen-bond acceptors (Lipinski definition) is 6. The summed E-state index contributed by atoms with van der Waals surface area (Å²) in [4.78, 5) is 11.0. The molecule has 0 bridgehead atoms. The smallest absolute Gasteiger partial charge is 0.251 e. The predicted molar refractivity (Wildman–Crippen MR) is 88.5 cm³/mol. The molecule has 0 atom stereocenters. The highest BCUT2D eigenvalue weighted by Crippen LogP contribution is 2.32. The molecule has 3 aromatic rings. The topological polar surface area (TPSA) is 66.8 Å². The average molecular weight is 304 g/mol. The molecule has 3 heterocycles. The minimum atomic E-state index is 0.607. The Bertz CT molecular complexity index is 805. The maximum atomic E-state index is 4.58. The van der Waals surface area contributed by atoms with Gasteiger partial charge in [-0.05, 0) is 30.2 Å². The van der Waals surface area contributed by atoms with Crippen LogP contribution in [0, 0.1) is 0 Å². The maximum Gasteiger partial charge on any atom is 0.251 e. The van der Waals surface area contributed by atoms with Gasteiger partial charge in [-0.25, -0.2) is 0 Å². The number of rotatable bonds is 4. The van der Waals surface area contributed by atoms with E-state index >= 15 is 0 Å². The molecule has 0 unspecified atom stereocenters. The Morgan fingerprint density at radius 1 is 1.09 bits per heavy atom. The van der Waals surface area contributed by atoms with Gasteiger partial charge in [0.25, 0.3) is 5.95 Å². The molecule has 1 N–H and O–H groups in total. The highest BCUT2D eigenvalue weighted by molar-refractivity contribution is 5.65. The summed E-state index contributed by atoms with van der Waals surface area (Å²) in [6, 6.07) is 14.2. The molecule has 6 nitrogen and oxygen atoms in total. The van der Waals surface area contributed by atoms with Crippen molar-refractivity contribution in [1.82, 2.24) is 20.2 Å². The molecule has 1 aliphatic heterocycles. The quantitative estimate of drug-likeness (QED) is 0.799. The molecule has 0 radical (unpaired) electrons. The van der Waals surface area contributed by atoms with Gasteiger partial charge in [0.2, 0.25) is 0 Å². The van der Waals surface area contributed by atoms with Gasteiger partial charge >= 0.3 is 0 Å². The minimum Gasteiger partial charge on any atom is -0.363 e. The highest BCUT2D eigenvalue weighted by atomic mass is 15.3. The number of fused-ring (bicyclic) bond motifs is 1. The van der Waals surface area contributed by atoms with Gasteiger partial charge in [-0.3, -0.25) is 4.98 Å². The Kier molecular flexibility index (Phi) is 3.56. The first-order chi connectivity index (χ1) is 11.4. The zero-order valence-corrected chi connectivity index (χ0v) is 12.6. The van der Waals surface area contributed by atoms with Crippen LogP contribution in [0.4, 0.5) is 17.5 Å². The largest absolute Gasteiger partial charge is 0.363 e. The summed E-state index contributed by atoms with van der Waals surface area (Å²) in [5, 5.41) is 11.5. The lowest BCUT2D eigenvalue weighted by molar-refractivity contribution is 0.879. The fourth-order valence-electron chi connectivity index (χ4n) is 2.72. The SMILES string of the molecule is c1ccc(CNc2cnnc(N3CCc4ccccc43)n2)nc1. The van der Waals surface area contributed by atoms with E-state index in [2.05, 4.69) is 48.6 Å². The Morgan fingerprint density at radius 3 is 2.91 bits per heavy atom. The van der Waals surface area contributed by atoms with E-state index in [1.54, 1.807) is 12.4 Å². The third-order valence-electron chi connectivity index (χ3n) is 3.85. The average Bonchev–Trinajstić information content (AvgIpc) is 3.05. The summed E-state index contributed by atoms with van der Waals surface area (Å²) in [7, 11) is 0. The summed E-state index contributed by atoms with van der Waals surface area (Å²) < 4.78 is 0. The molecular weight excluding hydrogens is 288 g/mol. The van der Waals surface area contributed by atoms with Crippen LogP contribution in [-0.4, -0.2) is 26.7 Å². The van der Waals surface area contributed by atoms with Gasteiger partial charge in [0.05, 0.1) is 18.4 Å². The molecule has 0 saturated carbocycles. The van der Waals surface area contributed by atoms with E-state index in [1.807, 2.05) is 24.3 Å². The number of nitrogens with zero attached hydrogens (tertiary/aromatic N) is 5. The number of para-hydroxylation sites is 1. The van der Waals surface area contributed by atoms with Gasteiger partial charge in [0, 0.05) is 18.4 Å². The van der Waals surface area contributed by atoms with Crippen molar-refractivity contribution >= 4 is 17.5 Å². The van der Waals surface area contributed by atoms with Crippen LogP contribution in [0.15, 0.2) is 54.9 Å². The van der Waals surface area contributed by atoms with Crippen LogP contribution in [0.3, 0.4) is 0 Å². The molecule has 23 heavy (non-hydrogen) atoms. The zero-order valence-electron chi connectivity index (χ0n) is 12.6. The van der Waals surface area contributed by atoms with E-state index in [0.29, 0.717) is 18.3 Å². The Morgan fingerprint density at radius 2 is 2.00 bits per heavy atom. The second-order valence-electron chi connectivity index (χ2n) is 5.35. The second kappa shape index (κ2) is 6.00. The van der Waals surface area contributed by atoms with Crippen molar-refractivity contribution in [3.63, 3.8) is 0 Å². The van der Waals surface area contributed by atoms with Crippen LogP contribution in [0.2, 0.25) is 0 Å². The lowest BCUT2D eigenvalue weighted by Gasteiger charge is -2.17. The zero-order chi connectivity index (χ0) is 15.5. The number of aromatic nitrogens is 4. The Hall–Kier alpha value is -3.02.